The van der Waals surface area contributed by atoms with Crippen LogP contribution in [0.15, 0.2) is 66.9 Å². The maximum Gasteiger partial charge on any atom is 0.356 e. The summed E-state index contributed by atoms with van der Waals surface area (Å²) in [5, 5.41) is 6.35. The number of benzene rings is 2. The Bertz CT molecular complexity index is 1370. The molecule has 0 spiro atoms. The van der Waals surface area contributed by atoms with Gasteiger partial charge in [-0.3, -0.25) is 9.69 Å². The van der Waals surface area contributed by atoms with Crippen LogP contribution in [0.25, 0.3) is 11.3 Å². The average molecular weight is 527 g/mol. The molecule has 0 saturated carbocycles. The number of amides is 1. The van der Waals surface area contributed by atoms with Crippen molar-refractivity contribution in [2.24, 2.45) is 0 Å². The first kappa shape index (κ1) is 26.4. The molecule has 3 heterocycles. The van der Waals surface area contributed by atoms with Crippen molar-refractivity contribution in [3.8, 4) is 0 Å². The van der Waals surface area contributed by atoms with Crippen LogP contribution < -0.4 is 15.5 Å². The van der Waals surface area contributed by atoms with Crippen LogP contribution in [0.1, 0.15) is 21.6 Å². The van der Waals surface area contributed by atoms with Crippen LogP contribution in [0.5, 0.6) is 0 Å². The Morgan fingerprint density at radius 1 is 1.08 bits per heavy atom. The third-order valence-electron chi connectivity index (χ3n) is 7.28. The highest BCUT2D eigenvalue weighted by molar-refractivity contribution is 6.37. The third kappa shape index (κ3) is 5.94. The zero-order chi connectivity index (χ0) is 27.4. The Kier molecular flexibility index (Phi) is 7.90. The largest absolute Gasteiger partial charge is 0.464 e. The van der Waals surface area contributed by atoms with Gasteiger partial charge in [-0.15, -0.1) is 0 Å². The highest BCUT2D eigenvalue weighted by Crippen LogP contribution is 2.37. The molecule has 39 heavy (non-hydrogen) atoms. The lowest BCUT2D eigenvalue weighted by molar-refractivity contribution is -0.110. The van der Waals surface area contributed by atoms with Crippen molar-refractivity contribution in [3.63, 3.8) is 0 Å². The van der Waals surface area contributed by atoms with Gasteiger partial charge in [-0.25, -0.2) is 9.78 Å². The number of nitrogens with zero attached hydrogens (tertiary/aromatic N) is 4. The highest BCUT2D eigenvalue weighted by Gasteiger charge is 2.30. The minimum atomic E-state index is -0.556. The van der Waals surface area contributed by atoms with E-state index in [2.05, 4.69) is 56.5 Å². The number of aromatic nitrogens is 1. The smallest absolute Gasteiger partial charge is 0.356 e. The topological polar surface area (TPSA) is 90.0 Å². The van der Waals surface area contributed by atoms with E-state index in [1.165, 1.54) is 13.3 Å². The molecule has 2 aliphatic rings. The fourth-order valence-corrected chi connectivity index (χ4v) is 4.85. The molecule has 0 bridgehead atoms. The van der Waals surface area contributed by atoms with Gasteiger partial charge >= 0.3 is 5.97 Å². The highest BCUT2D eigenvalue weighted by atomic mass is 16.5. The van der Waals surface area contributed by atoms with Gasteiger partial charge in [0, 0.05) is 69.5 Å². The van der Waals surface area contributed by atoms with Crippen LogP contribution in [0, 0.1) is 0 Å². The van der Waals surface area contributed by atoms with Gasteiger partial charge < -0.3 is 25.2 Å². The number of methoxy groups -OCH3 is 1. The van der Waals surface area contributed by atoms with Crippen LogP contribution in [0.2, 0.25) is 0 Å². The monoisotopic (exact) mass is 526 g/mol. The van der Waals surface area contributed by atoms with Gasteiger partial charge in [0.05, 0.1) is 24.1 Å². The van der Waals surface area contributed by atoms with E-state index in [4.69, 9.17) is 4.74 Å². The second kappa shape index (κ2) is 11.7. The number of carbonyl (C=O) groups is 2. The van der Waals surface area contributed by atoms with E-state index in [0.29, 0.717) is 22.5 Å². The van der Waals surface area contributed by atoms with Gasteiger partial charge in [-0.05, 0) is 42.9 Å². The first-order valence-corrected chi connectivity index (χ1v) is 13.1. The quantitative estimate of drug-likeness (QED) is 0.341. The molecule has 2 aliphatic heterocycles. The molecule has 9 heteroatoms. The summed E-state index contributed by atoms with van der Waals surface area (Å²) in [7, 11) is 5.59. The number of ether oxygens (including phenoxy) is 1. The van der Waals surface area contributed by atoms with E-state index in [-0.39, 0.29) is 11.6 Å². The second-order valence-electron chi connectivity index (χ2n) is 9.92. The number of carbonyl (C=O) groups excluding carboxylic acids is 2. The van der Waals surface area contributed by atoms with Crippen molar-refractivity contribution in [2.45, 2.75) is 0 Å². The van der Waals surface area contributed by atoms with E-state index in [1.54, 1.807) is 6.07 Å². The molecule has 3 aromatic rings. The second-order valence-corrected chi connectivity index (χ2v) is 9.92. The molecule has 1 amide bonds. The SMILES string of the molecule is COC(=O)c1cc2c(cn1)/C(=C(\Nc1ccc(N(C)CCN3CCN(C)CC3)cc1)c1ccccc1)C(=O)N2. The number of fused-ring (bicyclic) bond motifs is 1. The molecule has 202 valence electrons. The van der Waals surface area contributed by atoms with Crippen LogP contribution >= 0.6 is 0 Å². The van der Waals surface area contributed by atoms with Gasteiger partial charge in [-0.2, -0.15) is 0 Å². The molecule has 0 aliphatic carbocycles. The number of pyridine rings is 1. The van der Waals surface area contributed by atoms with Crippen LogP contribution in [0.3, 0.4) is 0 Å². The minimum absolute atomic E-state index is 0.138. The number of nitrogens with one attached hydrogen (secondary N) is 2. The molecular formula is C30H34N6O3. The fourth-order valence-electron chi connectivity index (χ4n) is 4.85. The Morgan fingerprint density at radius 3 is 2.49 bits per heavy atom. The zero-order valence-electron chi connectivity index (χ0n) is 22.6. The third-order valence-corrected chi connectivity index (χ3v) is 7.28. The first-order chi connectivity index (χ1) is 18.9. The summed E-state index contributed by atoms with van der Waals surface area (Å²) in [6, 6.07) is 19.5. The molecule has 1 saturated heterocycles. The van der Waals surface area contributed by atoms with E-state index in [0.717, 1.165) is 56.2 Å². The first-order valence-electron chi connectivity index (χ1n) is 13.1. The van der Waals surface area contributed by atoms with Gasteiger partial charge in [-0.1, -0.05) is 30.3 Å². The van der Waals surface area contributed by atoms with E-state index >= 15 is 0 Å². The van der Waals surface area contributed by atoms with Gasteiger partial charge in [0.25, 0.3) is 5.91 Å². The number of hydrogen-bond acceptors (Lipinski definition) is 8. The standard InChI is InChI=1S/C30H34N6O3/c1-34-13-16-36(17-14-34)18-15-35(2)23-11-9-22(10-12-23)32-28(21-7-5-4-6-8-21)27-24-20-31-26(30(38)39-3)19-25(24)33-29(27)37/h4-12,19-20,32H,13-18H2,1-3H3,(H,33,37)/b28-27+. The van der Waals surface area contributed by atoms with Crippen molar-refractivity contribution in [1.29, 1.82) is 0 Å². The lowest BCUT2D eigenvalue weighted by Gasteiger charge is -2.33. The number of rotatable bonds is 8. The molecular weight excluding hydrogens is 492 g/mol. The minimum Gasteiger partial charge on any atom is -0.464 e. The summed E-state index contributed by atoms with van der Waals surface area (Å²) in [5.74, 6) is -0.820. The molecule has 5 rings (SSSR count). The molecule has 1 aromatic heterocycles. The predicted molar refractivity (Wildman–Crippen MR) is 155 cm³/mol. The Labute approximate surface area is 229 Å². The van der Waals surface area contributed by atoms with Gasteiger partial charge in [0.2, 0.25) is 0 Å². The number of esters is 1. The van der Waals surface area contributed by atoms with E-state index < -0.39 is 5.97 Å². The lowest BCUT2D eigenvalue weighted by Crippen LogP contribution is -2.46. The summed E-state index contributed by atoms with van der Waals surface area (Å²) in [5.41, 5.74) is 5.27. The summed E-state index contributed by atoms with van der Waals surface area (Å²) in [6.45, 7) is 6.45. The molecule has 1 fully saturated rings. The van der Waals surface area contributed by atoms with E-state index in [1.807, 2.05) is 42.5 Å². The molecule has 2 aromatic carbocycles. The number of likely N-dealkylation sites (N-methyl/N-ethyl adjacent to an activating group) is 2. The van der Waals surface area contributed by atoms with Crippen molar-refractivity contribution < 1.29 is 14.3 Å². The molecule has 9 nitrogen and oxygen atoms in total. The summed E-state index contributed by atoms with van der Waals surface area (Å²) >= 11 is 0. The molecule has 0 unspecified atom stereocenters. The van der Waals surface area contributed by atoms with Crippen molar-refractivity contribution >= 4 is 40.2 Å². The lowest BCUT2D eigenvalue weighted by atomic mass is 10.0. The summed E-state index contributed by atoms with van der Waals surface area (Å²) < 4.78 is 4.78. The van der Waals surface area contributed by atoms with E-state index in [9.17, 15) is 9.59 Å². The Hall–Kier alpha value is -4.21. The normalized spacial score (nSPS) is 16.8. The Balaban J connectivity index is 1.38. The zero-order valence-corrected chi connectivity index (χ0v) is 22.6. The average Bonchev–Trinajstić information content (AvgIpc) is 3.30. The van der Waals surface area contributed by atoms with Crippen LogP contribution in [0.4, 0.5) is 17.1 Å². The number of anilines is 3. The van der Waals surface area contributed by atoms with Crippen molar-refractivity contribution in [3.05, 3.63) is 83.7 Å². The van der Waals surface area contributed by atoms with Crippen molar-refractivity contribution in [2.75, 3.05) is 76.0 Å². The van der Waals surface area contributed by atoms with Crippen LogP contribution in [-0.2, 0) is 9.53 Å². The molecule has 0 atom stereocenters. The van der Waals surface area contributed by atoms with Gasteiger partial charge in [0.15, 0.2) is 0 Å². The van der Waals surface area contributed by atoms with Crippen LogP contribution in [-0.4, -0.2) is 87.1 Å². The van der Waals surface area contributed by atoms with Gasteiger partial charge in [0.1, 0.15) is 5.69 Å². The Morgan fingerprint density at radius 2 is 1.79 bits per heavy atom. The summed E-state index contributed by atoms with van der Waals surface area (Å²) in [4.78, 5) is 36.5. The maximum atomic E-state index is 13.2. The van der Waals surface area contributed by atoms with Crippen molar-refractivity contribution in [1.82, 2.24) is 14.8 Å². The number of hydrogen-bond donors (Lipinski definition) is 2. The number of piperazine rings is 1. The molecule has 0 radical (unpaired) electrons. The maximum absolute atomic E-state index is 13.2. The fraction of sp³-hybridized carbons (Fsp3) is 0.300. The summed E-state index contributed by atoms with van der Waals surface area (Å²) in [6.07, 6.45) is 1.54. The molecule has 2 N–H and O–H groups in total. The predicted octanol–water partition coefficient (Wildman–Crippen LogP) is 3.48.